The fourth-order valence-electron chi connectivity index (χ4n) is 1.72. The Morgan fingerprint density at radius 2 is 1.78 bits per heavy atom. The molecule has 0 fully saturated rings. The van der Waals surface area contributed by atoms with Crippen LogP contribution in [0.15, 0.2) is 42.5 Å². The average molecular weight is 243 g/mol. The number of rotatable bonds is 4. The fraction of sp³-hybridized carbons (Fsp3) is 0.200. The van der Waals surface area contributed by atoms with Crippen molar-refractivity contribution in [3.63, 3.8) is 0 Å². The maximum atomic E-state index is 9.62. The summed E-state index contributed by atoms with van der Waals surface area (Å²) in [5.74, 6) is 0.117. The highest BCUT2D eigenvalue weighted by Crippen LogP contribution is 2.22. The zero-order valence-electron chi connectivity index (χ0n) is 10.4. The van der Waals surface area contributed by atoms with Gasteiger partial charge in [0, 0.05) is 23.9 Å². The van der Waals surface area contributed by atoms with Crippen molar-refractivity contribution in [3.05, 3.63) is 59.2 Å². The van der Waals surface area contributed by atoms with Crippen LogP contribution in [0.3, 0.4) is 0 Å². The maximum Gasteiger partial charge on any atom is 0.123 e. The third-order valence-corrected chi connectivity index (χ3v) is 2.87. The SMILES string of the molecule is Cc1ccc(CNc2ccc(CO)c(O)c2)cc1. The van der Waals surface area contributed by atoms with E-state index in [0.717, 1.165) is 5.69 Å². The van der Waals surface area contributed by atoms with Crippen LogP contribution in [0.5, 0.6) is 5.75 Å². The van der Waals surface area contributed by atoms with Crippen LogP contribution in [-0.2, 0) is 13.2 Å². The number of aromatic hydroxyl groups is 1. The lowest BCUT2D eigenvalue weighted by Gasteiger charge is -2.09. The zero-order valence-corrected chi connectivity index (χ0v) is 10.4. The predicted molar refractivity (Wildman–Crippen MR) is 72.5 cm³/mol. The Kier molecular flexibility index (Phi) is 3.85. The van der Waals surface area contributed by atoms with Crippen LogP contribution in [0.4, 0.5) is 5.69 Å². The molecule has 0 saturated heterocycles. The molecule has 0 unspecified atom stereocenters. The Balaban J connectivity index is 2.02. The number of phenols is 1. The molecule has 0 spiro atoms. The van der Waals surface area contributed by atoms with Gasteiger partial charge >= 0.3 is 0 Å². The average Bonchev–Trinajstić information content (AvgIpc) is 2.38. The number of aliphatic hydroxyl groups excluding tert-OH is 1. The van der Waals surface area contributed by atoms with Gasteiger partial charge in [0.05, 0.1) is 6.61 Å². The summed E-state index contributed by atoms with van der Waals surface area (Å²) in [4.78, 5) is 0. The van der Waals surface area contributed by atoms with E-state index in [1.807, 2.05) is 6.07 Å². The van der Waals surface area contributed by atoms with Crippen LogP contribution in [-0.4, -0.2) is 10.2 Å². The highest BCUT2D eigenvalue weighted by atomic mass is 16.3. The summed E-state index contributed by atoms with van der Waals surface area (Å²) in [5, 5.41) is 21.8. The Morgan fingerprint density at radius 1 is 1.06 bits per heavy atom. The summed E-state index contributed by atoms with van der Waals surface area (Å²) < 4.78 is 0. The molecule has 2 aromatic carbocycles. The molecule has 94 valence electrons. The van der Waals surface area contributed by atoms with Gasteiger partial charge in [-0.1, -0.05) is 35.9 Å². The number of nitrogens with one attached hydrogen (secondary N) is 1. The Bertz CT molecular complexity index is 521. The number of anilines is 1. The van der Waals surface area contributed by atoms with Crippen molar-refractivity contribution in [2.45, 2.75) is 20.1 Å². The summed E-state index contributed by atoms with van der Waals surface area (Å²) in [6.45, 7) is 2.62. The van der Waals surface area contributed by atoms with Crippen molar-refractivity contribution in [1.29, 1.82) is 0 Å². The van der Waals surface area contributed by atoms with Crippen molar-refractivity contribution in [2.24, 2.45) is 0 Å². The second-order valence-corrected chi connectivity index (χ2v) is 4.34. The third-order valence-electron chi connectivity index (χ3n) is 2.87. The van der Waals surface area contributed by atoms with Crippen molar-refractivity contribution in [3.8, 4) is 5.75 Å². The normalized spacial score (nSPS) is 10.3. The van der Waals surface area contributed by atoms with Gasteiger partial charge in [0.15, 0.2) is 0 Å². The van der Waals surface area contributed by atoms with E-state index in [4.69, 9.17) is 5.11 Å². The first-order valence-corrected chi connectivity index (χ1v) is 5.91. The first-order valence-electron chi connectivity index (χ1n) is 5.91. The summed E-state index contributed by atoms with van der Waals surface area (Å²) in [5.41, 5.74) is 3.80. The predicted octanol–water partition coefficient (Wildman–Crippen LogP) is 2.81. The Hall–Kier alpha value is -2.00. The van der Waals surface area contributed by atoms with Gasteiger partial charge in [-0.2, -0.15) is 0 Å². The molecule has 3 heteroatoms. The van der Waals surface area contributed by atoms with Crippen molar-refractivity contribution >= 4 is 5.69 Å². The molecule has 0 atom stereocenters. The second-order valence-electron chi connectivity index (χ2n) is 4.34. The largest absolute Gasteiger partial charge is 0.508 e. The van der Waals surface area contributed by atoms with Gasteiger partial charge in [-0.25, -0.2) is 0 Å². The first kappa shape index (κ1) is 12.5. The van der Waals surface area contributed by atoms with Gasteiger partial charge in [-0.3, -0.25) is 0 Å². The molecule has 0 aromatic heterocycles. The molecular formula is C15H17NO2. The number of aryl methyl sites for hydroxylation is 1. The van der Waals surface area contributed by atoms with E-state index in [1.165, 1.54) is 11.1 Å². The molecule has 0 heterocycles. The molecule has 3 nitrogen and oxygen atoms in total. The minimum absolute atomic E-state index is 0.117. The van der Waals surface area contributed by atoms with Gasteiger partial charge in [0.2, 0.25) is 0 Å². The molecule has 0 bridgehead atoms. The van der Waals surface area contributed by atoms with E-state index in [1.54, 1.807) is 12.1 Å². The molecule has 0 aliphatic rings. The smallest absolute Gasteiger partial charge is 0.123 e. The molecule has 0 aliphatic carbocycles. The van der Waals surface area contributed by atoms with E-state index in [0.29, 0.717) is 12.1 Å². The molecule has 0 aliphatic heterocycles. The van der Waals surface area contributed by atoms with Crippen LogP contribution in [0, 0.1) is 6.92 Å². The zero-order chi connectivity index (χ0) is 13.0. The highest BCUT2D eigenvalue weighted by Gasteiger charge is 2.01. The summed E-state index contributed by atoms with van der Waals surface area (Å²) in [7, 11) is 0. The van der Waals surface area contributed by atoms with Gasteiger partial charge in [0.1, 0.15) is 5.75 Å². The van der Waals surface area contributed by atoms with Crippen LogP contribution in [0.2, 0.25) is 0 Å². The topological polar surface area (TPSA) is 52.5 Å². The maximum absolute atomic E-state index is 9.62. The van der Waals surface area contributed by atoms with Crippen LogP contribution >= 0.6 is 0 Å². The Labute approximate surface area is 107 Å². The van der Waals surface area contributed by atoms with Crippen LogP contribution in [0.25, 0.3) is 0 Å². The van der Waals surface area contributed by atoms with Crippen molar-refractivity contribution in [1.82, 2.24) is 0 Å². The lowest BCUT2D eigenvalue weighted by atomic mass is 10.1. The number of hydrogen-bond donors (Lipinski definition) is 3. The monoisotopic (exact) mass is 243 g/mol. The molecule has 2 rings (SSSR count). The molecule has 0 radical (unpaired) electrons. The standard InChI is InChI=1S/C15H17NO2/c1-11-2-4-12(5-3-11)9-16-14-7-6-13(10-17)15(18)8-14/h2-8,16-18H,9-10H2,1H3. The molecule has 3 N–H and O–H groups in total. The van der Waals surface area contributed by atoms with E-state index in [9.17, 15) is 5.11 Å². The summed E-state index contributed by atoms with van der Waals surface area (Å²) in [6, 6.07) is 13.5. The van der Waals surface area contributed by atoms with Crippen LogP contribution in [0.1, 0.15) is 16.7 Å². The van der Waals surface area contributed by atoms with Crippen molar-refractivity contribution in [2.75, 3.05) is 5.32 Å². The van der Waals surface area contributed by atoms with Gasteiger partial charge < -0.3 is 15.5 Å². The minimum Gasteiger partial charge on any atom is -0.508 e. The molecule has 0 saturated carbocycles. The number of aliphatic hydroxyl groups is 1. The minimum atomic E-state index is -0.149. The highest BCUT2D eigenvalue weighted by molar-refractivity contribution is 5.51. The Morgan fingerprint density at radius 3 is 2.39 bits per heavy atom. The molecule has 18 heavy (non-hydrogen) atoms. The fourth-order valence-corrected chi connectivity index (χ4v) is 1.72. The molecular weight excluding hydrogens is 226 g/mol. The van der Waals surface area contributed by atoms with E-state index >= 15 is 0 Å². The van der Waals surface area contributed by atoms with E-state index in [-0.39, 0.29) is 12.4 Å². The van der Waals surface area contributed by atoms with Gasteiger partial charge in [-0.05, 0) is 18.6 Å². The quantitative estimate of drug-likeness (QED) is 0.774. The third kappa shape index (κ3) is 3.02. The lowest BCUT2D eigenvalue weighted by molar-refractivity contribution is 0.275. The first-order chi connectivity index (χ1) is 8.69. The van der Waals surface area contributed by atoms with Crippen LogP contribution < -0.4 is 5.32 Å². The van der Waals surface area contributed by atoms with E-state index in [2.05, 4.69) is 36.5 Å². The summed E-state index contributed by atoms with van der Waals surface area (Å²) >= 11 is 0. The second kappa shape index (κ2) is 5.56. The number of hydrogen-bond acceptors (Lipinski definition) is 3. The number of benzene rings is 2. The van der Waals surface area contributed by atoms with Gasteiger partial charge in [0.25, 0.3) is 0 Å². The van der Waals surface area contributed by atoms with Gasteiger partial charge in [-0.15, -0.1) is 0 Å². The summed E-state index contributed by atoms with van der Waals surface area (Å²) in [6.07, 6.45) is 0. The molecule has 2 aromatic rings. The van der Waals surface area contributed by atoms with Crippen molar-refractivity contribution < 1.29 is 10.2 Å². The molecule has 0 amide bonds. The van der Waals surface area contributed by atoms with E-state index < -0.39 is 0 Å². The lowest BCUT2D eigenvalue weighted by Crippen LogP contribution is -1.99.